The van der Waals surface area contributed by atoms with Crippen LogP contribution in [0.15, 0.2) is 0 Å². The van der Waals surface area contributed by atoms with Crippen LogP contribution in [0.3, 0.4) is 0 Å². The van der Waals surface area contributed by atoms with Crippen LogP contribution in [0.4, 0.5) is 0 Å². The van der Waals surface area contributed by atoms with Crippen LogP contribution in [0.1, 0.15) is 65.2 Å². The summed E-state index contributed by atoms with van der Waals surface area (Å²) >= 11 is 4.54. The smallest absolute Gasteiger partial charge is 0.0611 e. The molecular formula is C13H26S2. The number of hydrogen-bond acceptors (Lipinski definition) is 2. The fourth-order valence-corrected chi connectivity index (χ4v) is 5.65. The minimum absolute atomic E-state index is 0.629. The number of hydrogen-bond donors (Lipinski definition) is 0. The van der Waals surface area contributed by atoms with Crippen LogP contribution in [0.2, 0.25) is 0 Å². The molecule has 0 aromatic rings. The zero-order chi connectivity index (χ0) is 11.0. The zero-order valence-corrected chi connectivity index (χ0v) is 12.0. The van der Waals surface area contributed by atoms with E-state index >= 15 is 0 Å². The van der Waals surface area contributed by atoms with Crippen molar-refractivity contribution >= 4 is 23.5 Å². The molecule has 0 amide bonds. The van der Waals surface area contributed by atoms with E-state index in [0.29, 0.717) is 4.08 Å². The van der Waals surface area contributed by atoms with Crippen molar-refractivity contribution < 1.29 is 0 Å². The van der Waals surface area contributed by atoms with Gasteiger partial charge in [0.15, 0.2) is 0 Å². The van der Waals surface area contributed by atoms with Gasteiger partial charge in [-0.2, -0.15) is 0 Å². The molecule has 15 heavy (non-hydrogen) atoms. The van der Waals surface area contributed by atoms with Gasteiger partial charge >= 0.3 is 0 Å². The monoisotopic (exact) mass is 246 g/mol. The molecule has 0 bridgehead atoms. The summed E-state index contributed by atoms with van der Waals surface area (Å²) in [5.41, 5.74) is 0. The lowest BCUT2D eigenvalue weighted by Crippen LogP contribution is -2.16. The van der Waals surface area contributed by atoms with E-state index in [0.717, 1.165) is 0 Å². The Morgan fingerprint density at radius 3 is 1.73 bits per heavy atom. The number of unbranched alkanes of at least 4 members (excludes halogenated alkanes) is 2. The molecule has 0 aromatic heterocycles. The molecule has 0 spiro atoms. The van der Waals surface area contributed by atoms with Gasteiger partial charge in [0.1, 0.15) is 0 Å². The lowest BCUT2D eigenvalue weighted by atomic mass is 10.3. The molecule has 0 atom stereocenters. The quantitative estimate of drug-likeness (QED) is 0.420. The predicted octanol–water partition coefficient (Wildman–Crippen LogP) is 5.32. The standard InChI is InChI=1S/C13H26S2/c1-3-5-11-14-13(9-7-8-10-13)15-12-6-4-2/h3-12H2,1-2H3. The van der Waals surface area contributed by atoms with Crippen molar-refractivity contribution in [3.8, 4) is 0 Å². The molecular weight excluding hydrogens is 220 g/mol. The van der Waals surface area contributed by atoms with Crippen molar-refractivity contribution in [3.05, 3.63) is 0 Å². The van der Waals surface area contributed by atoms with Gasteiger partial charge in [0.2, 0.25) is 0 Å². The summed E-state index contributed by atoms with van der Waals surface area (Å²) in [7, 11) is 0. The van der Waals surface area contributed by atoms with Crippen molar-refractivity contribution in [1.82, 2.24) is 0 Å². The Morgan fingerprint density at radius 1 is 0.867 bits per heavy atom. The van der Waals surface area contributed by atoms with E-state index in [4.69, 9.17) is 0 Å². The summed E-state index contributed by atoms with van der Waals surface area (Å²) in [4.78, 5) is 0. The largest absolute Gasteiger partial charge is 0.144 e. The molecule has 1 fully saturated rings. The maximum atomic E-state index is 2.30. The second kappa shape index (κ2) is 7.89. The fraction of sp³-hybridized carbons (Fsp3) is 1.00. The highest BCUT2D eigenvalue weighted by Crippen LogP contribution is 2.50. The first kappa shape index (κ1) is 13.8. The van der Waals surface area contributed by atoms with E-state index in [1.54, 1.807) is 0 Å². The van der Waals surface area contributed by atoms with Crippen molar-refractivity contribution in [2.45, 2.75) is 69.3 Å². The summed E-state index contributed by atoms with van der Waals surface area (Å²) in [6, 6.07) is 0. The van der Waals surface area contributed by atoms with Crippen molar-refractivity contribution in [2.24, 2.45) is 0 Å². The second-order valence-corrected chi connectivity index (χ2v) is 7.74. The predicted molar refractivity (Wildman–Crippen MR) is 75.9 cm³/mol. The Balaban J connectivity index is 2.26. The van der Waals surface area contributed by atoms with E-state index in [1.807, 2.05) is 0 Å². The number of thioether (sulfide) groups is 2. The first-order valence-electron chi connectivity index (χ1n) is 6.61. The third-order valence-electron chi connectivity index (χ3n) is 3.09. The third-order valence-corrected chi connectivity index (χ3v) is 6.65. The van der Waals surface area contributed by atoms with Gasteiger partial charge in [-0.05, 0) is 37.2 Å². The van der Waals surface area contributed by atoms with E-state index in [2.05, 4.69) is 37.4 Å². The van der Waals surface area contributed by atoms with Crippen LogP contribution in [0.5, 0.6) is 0 Å². The Labute approximate surface area is 104 Å². The maximum absolute atomic E-state index is 2.30. The van der Waals surface area contributed by atoms with Gasteiger partial charge < -0.3 is 0 Å². The molecule has 0 heterocycles. The maximum Gasteiger partial charge on any atom is 0.0611 e. The highest BCUT2D eigenvalue weighted by Gasteiger charge is 2.34. The van der Waals surface area contributed by atoms with Crippen LogP contribution < -0.4 is 0 Å². The highest BCUT2D eigenvalue weighted by atomic mass is 32.2. The van der Waals surface area contributed by atoms with Crippen molar-refractivity contribution in [2.75, 3.05) is 11.5 Å². The summed E-state index contributed by atoms with van der Waals surface area (Å²) in [6.07, 6.45) is 11.4. The second-order valence-electron chi connectivity index (χ2n) is 4.52. The Morgan fingerprint density at radius 2 is 1.33 bits per heavy atom. The number of rotatable bonds is 8. The molecule has 0 aliphatic heterocycles. The Bertz CT molecular complexity index is 139. The van der Waals surface area contributed by atoms with Gasteiger partial charge in [0.25, 0.3) is 0 Å². The van der Waals surface area contributed by atoms with Crippen molar-refractivity contribution in [1.29, 1.82) is 0 Å². The molecule has 2 heteroatoms. The fourth-order valence-electron chi connectivity index (χ4n) is 2.05. The van der Waals surface area contributed by atoms with Crippen LogP contribution in [0, 0.1) is 0 Å². The summed E-state index contributed by atoms with van der Waals surface area (Å²) < 4.78 is 0.629. The first-order valence-corrected chi connectivity index (χ1v) is 8.58. The summed E-state index contributed by atoms with van der Waals surface area (Å²) in [5.74, 6) is 2.77. The van der Waals surface area contributed by atoms with Gasteiger partial charge in [-0.25, -0.2) is 0 Å². The molecule has 90 valence electrons. The van der Waals surface area contributed by atoms with Crippen molar-refractivity contribution in [3.63, 3.8) is 0 Å². The molecule has 1 rings (SSSR count). The topological polar surface area (TPSA) is 0 Å². The minimum atomic E-state index is 0.629. The Kier molecular flexibility index (Phi) is 7.24. The molecule has 1 aliphatic rings. The normalized spacial score (nSPS) is 19.6. The minimum Gasteiger partial charge on any atom is -0.144 e. The van der Waals surface area contributed by atoms with E-state index < -0.39 is 0 Å². The van der Waals surface area contributed by atoms with Crippen LogP contribution in [0.25, 0.3) is 0 Å². The molecule has 1 saturated carbocycles. The lowest BCUT2D eigenvalue weighted by Gasteiger charge is -2.27. The average Bonchev–Trinajstić information content (AvgIpc) is 2.68. The van der Waals surface area contributed by atoms with Gasteiger partial charge in [-0.1, -0.05) is 39.5 Å². The average molecular weight is 246 g/mol. The SMILES string of the molecule is CCCCSC1(SCCCC)CCCC1. The molecule has 0 aromatic carbocycles. The van der Waals surface area contributed by atoms with Gasteiger partial charge in [-0.3, -0.25) is 0 Å². The zero-order valence-electron chi connectivity index (χ0n) is 10.4. The van der Waals surface area contributed by atoms with E-state index in [-0.39, 0.29) is 0 Å². The first-order chi connectivity index (χ1) is 7.33. The van der Waals surface area contributed by atoms with Crippen LogP contribution in [-0.2, 0) is 0 Å². The van der Waals surface area contributed by atoms with Crippen LogP contribution >= 0.6 is 23.5 Å². The molecule has 0 N–H and O–H groups in total. The molecule has 0 nitrogen and oxygen atoms in total. The Hall–Kier alpha value is 0.700. The van der Waals surface area contributed by atoms with Gasteiger partial charge in [-0.15, -0.1) is 23.5 Å². The van der Waals surface area contributed by atoms with E-state index in [1.165, 1.54) is 62.9 Å². The molecule has 1 aliphatic carbocycles. The third kappa shape index (κ3) is 5.04. The molecule has 0 saturated heterocycles. The molecule has 0 radical (unpaired) electrons. The van der Waals surface area contributed by atoms with Gasteiger partial charge in [0.05, 0.1) is 4.08 Å². The summed E-state index contributed by atoms with van der Waals surface area (Å²) in [6.45, 7) is 4.60. The van der Waals surface area contributed by atoms with E-state index in [9.17, 15) is 0 Å². The highest BCUT2D eigenvalue weighted by molar-refractivity contribution is 8.18. The summed E-state index contributed by atoms with van der Waals surface area (Å²) in [5, 5.41) is 0. The van der Waals surface area contributed by atoms with Crippen LogP contribution in [-0.4, -0.2) is 15.6 Å². The lowest BCUT2D eigenvalue weighted by molar-refractivity contribution is 0.820. The van der Waals surface area contributed by atoms with Gasteiger partial charge in [0, 0.05) is 0 Å². The molecule has 0 unspecified atom stereocenters.